The topological polar surface area (TPSA) is 64.8 Å². The van der Waals surface area contributed by atoms with Gasteiger partial charge in [0.05, 0.1) is 19.3 Å². The standard InChI is InChI=1S/C18H28N2O3/c1-13-9-11-20(18(13,2)3)17(21)14-7-5-8-15(22-4)16(14)23-12-6-10-19/h5,7-8,13H,6,9-12,19H2,1-4H3/t13-/m0/s1. The van der Waals surface area contributed by atoms with Gasteiger partial charge in [-0.15, -0.1) is 0 Å². The molecule has 1 heterocycles. The van der Waals surface area contributed by atoms with Gasteiger partial charge in [-0.05, 0) is 51.3 Å². The lowest BCUT2D eigenvalue weighted by Gasteiger charge is -2.35. The number of para-hydroxylation sites is 1. The first-order valence-corrected chi connectivity index (χ1v) is 8.25. The highest BCUT2D eigenvalue weighted by Gasteiger charge is 2.42. The van der Waals surface area contributed by atoms with Crippen molar-refractivity contribution in [3.63, 3.8) is 0 Å². The first-order chi connectivity index (χ1) is 10.9. The molecule has 0 radical (unpaired) electrons. The van der Waals surface area contributed by atoms with Crippen molar-refractivity contribution in [2.24, 2.45) is 11.7 Å². The maximum Gasteiger partial charge on any atom is 0.258 e. The third-order valence-electron chi connectivity index (χ3n) is 4.96. The van der Waals surface area contributed by atoms with Crippen LogP contribution in [-0.2, 0) is 0 Å². The van der Waals surface area contributed by atoms with E-state index < -0.39 is 0 Å². The Morgan fingerprint density at radius 3 is 2.74 bits per heavy atom. The summed E-state index contributed by atoms with van der Waals surface area (Å²) in [7, 11) is 1.58. The lowest BCUT2D eigenvalue weighted by atomic mass is 9.90. The van der Waals surface area contributed by atoms with Crippen LogP contribution in [0.25, 0.3) is 0 Å². The van der Waals surface area contributed by atoms with E-state index in [1.165, 1.54) is 0 Å². The number of hydrogen-bond donors (Lipinski definition) is 1. The van der Waals surface area contributed by atoms with Crippen LogP contribution in [0.3, 0.4) is 0 Å². The van der Waals surface area contributed by atoms with Crippen LogP contribution in [-0.4, -0.2) is 43.2 Å². The Bertz CT molecular complexity index is 557. The van der Waals surface area contributed by atoms with Crippen LogP contribution in [0.15, 0.2) is 18.2 Å². The minimum Gasteiger partial charge on any atom is -0.493 e. The second-order valence-electron chi connectivity index (χ2n) is 6.63. The smallest absolute Gasteiger partial charge is 0.258 e. The normalized spacial score (nSPS) is 19.7. The molecular weight excluding hydrogens is 292 g/mol. The molecule has 0 bridgehead atoms. The third-order valence-corrected chi connectivity index (χ3v) is 4.96. The summed E-state index contributed by atoms with van der Waals surface area (Å²) in [5, 5.41) is 0. The Labute approximate surface area is 138 Å². The second kappa shape index (κ2) is 7.21. The zero-order valence-corrected chi connectivity index (χ0v) is 14.6. The Morgan fingerprint density at radius 2 is 2.17 bits per heavy atom. The fourth-order valence-corrected chi connectivity index (χ4v) is 2.99. The fraction of sp³-hybridized carbons (Fsp3) is 0.611. The maximum atomic E-state index is 13.1. The van der Waals surface area contributed by atoms with Crippen LogP contribution in [0, 0.1) is 5.92 Å². The molecule has 1 atom stereocenters. The average molecular weight is 320 g/mol. The predicted octanol–water partition coefficient (Wildman–Crippen LogP) is 2.68. The largest absolute Gasteiger partial charge is 0.493 e. The number of hydrogen-bond acceptors (Lipinski definition) is 4. The Kier molecular flexibility index (Phi) is 5.52. The predicted molar refractivity (Wildman–Crippen MR) is 91.1 cm³/mol. The van der Waals surface area contributed by atoms with E-state index in [0.29, 0.717) is 36.1 Å². The molecule has 2 N–H and O–H groups in total. The molecule has 1 aromatic carbocycles. The van der Waals surface area contributed by atoms with Crippen molar-refractivity contribution in [3.8, 4) is 11.5 Å². The molecule has 1 fully saturated rings. The van der Waals surface area contributed by atoms with E-state index in [9.17, 15) is 4.79 Å². The van der Waals surface area contributed by atoms with Gasteiger partial charge in [-0.2, -0.15) is 0 Å². The van der Waals surface area contributed by atoms with Crippen LogP contribution in [0.4, 0.5) is 0 Å². The van der Waals surface area contributed by atoms with Gasteiger partial charge >= 0.3 is 0 Å². The SMILES string of the molecule is COc1cccc(C(=O)N2CC[C@H](C)C2(C)C)c1OCCCN. The van der Waals surface area contributed by atoms with Crippen molar-refractivity contribution in [3.05, 3.63) is 23.8 Å². The summed E-state index contributed by atoms with van der Waals surface area (Å²) in [6, 6.07) is 5.45. The van der Waals surface area contributed by atoms with Gasteiger partial charge in [0.1, 0.15) is 0 Å². The molecule has 5 nitrogen and oxygen atoms in total. The van der Waals surface area contributed by atoms with E-state index in [1.807, 2.05) is 23.1 Å². The van der Waals surface area contributed by atoms with Gasteiger partial charge in [-0.3, -0.25) is 4.79 Å². The first kappa shape index (κ1) is 17.6. The third kappa shape index (κ3) is 3.44. The highest BCUT2D eigenvalue weighted by Crippen LogP contribution is 2.38. The van der Waals surface area contributed by atoms with Crippen LogP contribution < -0.4 is 15.2 Å². The molecular formula is C18H28N2O3. The fourth-order valence-electron chi connectivity index (χ4n) is 2.99. The van der Waals surface area contributed by atoms with Gasteiger partial charge in [0.2, 0.25) is 0 Å². The van der Waals surface area contributed by atoms with Crippen LogP contribution in [0.5, 0.6) is 11.5 Å². The molecule has 128 valence electrons. The lowest BCUT2D eigenvalue weighted by molar-refractivity contribution is 0.0606. The first-order valence-electron chi connectivity index (χ1n) is 8.25. The van der Waals surface area contributed by atoms with E-state index in [1.54, 1.807) is 7.11 Å². The summed E-state index contributed by atoms with van der Waals surface area (Å²) in [6.45, 7) is 8.23. The molecule has 0 aliphatic carbocycles. The quantitative estimate of drug-likeness (QED) is 0.819. The molecule has 0 unspecified atom stereocenters. The summed E-state index contributed by atoms with van der Waals surface area (Å²) in [6.07, 6.45) is 1.75. The number of benzene rings is 1. The number of methoxy groups -OCH3 is 1. The summed E-state index contributed by atoms with van der Waals surface area (Å²) in [5.74, 6) is 1.57. The minimum absolute atomic E-state index is 0.000925. The van der Waals surface area contributed by atoms with E-state index in [0.717, 1.165) is 19.4 Å². The Morgan fingerprint density at radius 1 is 1.43 bits per heavy atom. The van der Waals surface area contributed by atoms with E-state index >= 15 is 0 Å². The number of amides is 1. The van der Waals surface area contributed by atoms with Gasteiger partial charge in [0.15, 0.2) is 11.5 Å². The second-order valence-corrected chi connectivity index (χ2v) is 6.63. The zero-order valence-electron chi connectivity index (χ0n) is 14.6. The summed E-state index contributed by atoms with van der Waals surface area (Å²) in [5.41, 5.74) is 5.93. The average Bonchev–Trinajstić information content (AvgIpc) is 2.80. The molecule has 1 amide bonds. The number of carbonyl (C=O) groups is 1. The lowest BCUT2D eigenvalue weighted by Crippen LogP contribution is -2.45. The number of ether oxygens (including phenoxy) is 2. The van der Waals surface area contributed by atoms with Crippen molar-refractivity contribution >= 4 is 5.91 Å². The van der Waals surface area contributed by atoms with Crippen molar-refractivity contribution in [1.82, 2.24) is 4.90 Å². The number of likely N-dealkylation sites (tertiary alicyclic amines) is 1. The Balaban J connectivity index is 2.32. The van der Waals surface area contributed by atoms with Crippen LogP contribution >= 0.6 is 0 Å². The molecule has 0 aromatic heterocycles. The highest BCUT2D eigenvalue weighted by atomic mass is 16.5. The van der Waals surface area contributed by atoms with E-state index in [-0.39, 0.29) is 11.4 Å². The summed E-state index contributed by atoms with van der Waals surface area (Å²) >= 11 is 0. The summed E-state index contributed by atoms with van der Waals surface area (Å²) < 4.78 is 11.2. The van der Waals surface area contributed by atoms with Crippen molar-refractivity contribution in [2.75, 3.05) is 26.8 Å². The molecule has 1 aliphatic rings. The van der Waals surface area contributed by atoms with Gasteiger partial charge in [0, 0.05) is 12.1 Å². The minimum atomic E-state index is -0.158. The zero-order chi connectivity index (χ0) is 17.0. The molecule has 5 heteroatoms. The molecule has 0 spiro atoms. The molecule has 2 rings (SSSR count). The number of nitrogens with zero attached hydrogens (tertiary/aromatic N) is 1. The van der Waals surface area contributed by atoms with Crippen LogP contribution in [0.1, 0.15) is 44.0 Å². The molecule has 23 heavy (non-hydrogen) atoms. The highest BCUT2D eigenvalue weighted by molar-refractivity contribution is 5.98. The number of nitrogens with two attached hydrogens (primary N) is 1. The van der Waals surface area contributed by atoms with Crippen molar-refractivity contribution in [1.29, 1.82) is 0 Å². The number of rotatable bonds is 6. The molecule has 0 saturated carbocycles. The summed E-state index contributed by atoms with van der Waals surface area (Å²) in [4.78, 5) is 15.0. The molecule has 1 aliphatic heterocycles. The van der Waals surface area contributed by atoms with Gasteiger partial charge in [-0.1, -0.05) is 13.0 Å². The van der Waals surface area contributed by atoms with Gasteiger partial charge in [-0.25, -0.2) is 0 Å². The van der Waals surface area contributed by atoms with E-state index in [4.69, 9.17) is 15.2 Å². The van der Waals surface area contributed by atoms with Gasteiger partial charge in [0.25, 0.3) is 5.91 Å². The van der Waals surface area contributed by atoms with E-state index in [2.05, 4.69) is 20.8 Å². The van der Waals surface area contributed by atoms with Crippen LogP contribution in [0.2, 0.25) is 0 Å². The monoisotopic (exact) mass is 320 g/mol. The van der Waals surface area contributed by atoms with Gasteiger partial charge < -0.3 is 20.1 Å². The molecule has 1 aromatic rings. The number of carbonyl (C=O) groups excluding carboxylic acids is 1. The van der Waals surface area contributed by atoms with Crippen molar-refractivity contribution in [2.45, 2.75) is 39.2 Å². The maximum absolute atomic E-state index is 13.1. The van der Waals surface area contributed by atoms with Crippen molar-refractivity contribution < 1.29 is 14.3 Å². The molecule has 1 saturated heterocycles. The Hall–Kier alpha value is -1.75.